The summed E-state index contributed by atoms with van der Waals surface area (Å²) in [5, 5.41) is 0. The van der Waals surface area contributed by atoms with Crippen molar-refractivity contribution in [2.75, 3.05) is 6.67 Å². The molecule has 0 N–H and O–H groups in total. The van der Waals surface area contributed by atoms with Crippen LogP contribution in [0.3, 0.4) is 0 Å². The summed E-state index contributed by atoms with van der Waals surface area (Å²) in [4.78, 5) is 0.590. The second-order valence-electron chi connectivity index (χ2n) is 2.78. The Labute approximate surface area is 64.0 Å². The van der Waals surface area contributed by atoms with E-state index in [9.17, 15) is 4.39 Å². The molecule has 0 spiro atoms. The van der Waals surface area contributed by atoms with Crippen LogP contribution in [0.25, 0.3) is 0 Å². The van der Waals surface area contributed by atoms with Gasteiger partial charge in [0.05, 0.1) is 6.67 Å². The molecule has 0 radical (unpaired) electrons. The van der Waals surface area contributed by atoms with E-state index >= 15 is 0 Å². The van der Waals surface area contributed by atoms with Crippen LogP contribution in [0.1, 0.15) is 25.7 Å². The van der Waals surface area contributed by atoms with E-state index in [1.165, 1.54) is 12.8 Å². The number of rotatable bonds is 1. The van der Waals surface area contributed by atoms with Crippen molar-refractivity contribution < 1.29 is 4.39 Å². The Hall–Kier alpha value is 0.410. The third kappa shape index (κ3) is 2.24. The zero-order valence-electron chi connectivity index (χ0n) is 5.45. The highest BCUT2D eigenvalue weighted by Crippen LogP contribution is 2.28. The van der Waals surface area contributed by atoms with Crippen molar-refractivity contribution >= 4 is 15.9 Å². The first-order valence-electron chi connectivity index (χ1n) is 3.53. The smallest absolute Gasteiger partial charge is 0.0923 e. The Morgan fingerprint density at radius 3 is 2.67 bits per heavy atom. The lowest BCUT2D eigenvalue weighted by molar-refractivity contribution is 0.287. The maximum Gasteiger partial charge on any atom is 0.0923 e. The minimum absolute atomic E-state index is 0.123. The lowest BCUT2D eigenvalue weighted by atomic mass is 9.90. The van der Waals surface area contributed by atoms with Gasteiger partial charge in [-0.2, -0.15) is 0 Å². The van der Waals surface area contributed by atoms with Crippen LogP contribution in [0, 0.1) is 5.92 Å². The van der Waals surface area contributed by atoms with E-state index in [0.29, 0.717) is 10.7 Å². The fourth-order valence-electron chi connectivity index (χ4n) is 1.37. The van der Waals surface area contributed by atoms with Crippen molar-refractivity contribution in [1.82, 2.24) is 0 Å². The first-order valence-corrected chi connectivity index (χ1v) is 4.44. The van der Waals surface area contributed by atoms with Crippen LogP contribution < -0.4 is 0 Å². The number of hydrogen-bond acceptors (Lipinski definition) is 0. The summed E-state index contributed by atoms with van der Waals surface area (Å²) in [5.41, 5.74) is 0. The molecule has 0 bridgehead atoms. The van der Waals surface area contributed by atoms with Crippen molar-refractivity contribution in [2.45, 2.75) is 30.5 Å². The Morgan fingerprint density at radius 2 is 2.22 bits per heavy atom. The van der Waals surface area contributed by atoms with Gasteiger partial charge in [-0.1, -0.05) is 22.4 Å². The van der Waals surface area contributed by atoms with Crippen molar-refractivity contribution in [3.8, 4) is 0 Å². The maximum absolute atomic E-state index is 12.0. The Morgan fingerprint density at radius 1 is 1.44 bits per heavy atom. The average Bonchev–Trinajstić information content (AvgIpc) is 1.88. The molecule has 9 heavy (non-hydrogen) atoms. The van der Waals surface area contributed by atoms with Gasteiger partial charge in [0.2, 0.25) is 0 Å². The number of hydrogen-bond donors (Lipinski definition) is 0. The molecule has 2 unspecified atom stereocenters. The van der Waals surface area contributed by atoms with Crippen LogP contribution in [-0.4, -0.2) is 11.5 Å². The van der Waals surface area contributed by atoms with Gasteiger partial charge in [0.15, 0.2) is 0 Å². The molecule has 0 amide bonds. The molecule has 0 aromatic heterocycles. The third-order valence-corrected chi connectivity index (χ3v) is 2.77. The molecule has 2 heteroatoms. The van der Waals surface area contributed by atoms with E-state index in [1.807, 2.05) is 0 Å². The highest BCUT2D eigenvalue weighted by Gasteiger charge is 2.18. The van der Waals surface area contributed by atoms with Gasteiger partial charge in [0, 0.05) is 4.83 Å². The summed E-state index contributed by atoms with van der Waals surface area (Å²) in [6.45, 7) is -0.123. The van der Waals surface area contributed by atoms with E-state index in [-0.39, 0.29) is 6.67 Å². The monoisotopic (exact) mass is 194 g/mol. The molecule has 1 saturated carbocycles. The Bertz CT molecular complexity index is 85.0. The van der Waals surface area contributed by atoms with Crippen LogP contribution in [0.4, 0.5) is 4.39 Å². The first-order chi connectivity index (χ1) is 4.33. The van der Waals surface area contributed by atoms with Crippen molar-refractivity contribution in [3.63, 3.8) is 0 Å². The van der Waals surface area contributed by atoms with Crippen LogP contribution >= 0.6 is 15.9 Å². The normalized spacial score (nSPS) is 36.7. The molecular formula is C7H12BrF. The van der Waals surface area contributed by atoms with Crippen LogP contribution in [0.2, 0.25) is 0 Å². The van der Waals surface area contributed by atoms with E-state index in [1.54, 1.807) is 0 Å². The highest BCUT2D eigenvalue weighted by molar-refractivity contribution is 9.09. The molecule has 0 aliphatic heterocycles. The summed E-state index contributed by atoms with van der Waals surface area (Å²) in [6, 6.07) is 0. The second kappa shape index (κ2) is 3.55. The molecule has 0 aromatic rings. The summed E-state index contributed by atoms with van der Waals surface area (Å²) in [6.07, 6.45) is 4.57. The highest BCUT2D eigenvalue weighted by atomic mass is 79.9. The number of alkyl halides is 2. The number of halogens is 2. The molecule has 2 atom stereocenters. The van der Waals surface area contributed by atoms with E-state index < -0.39 is 0 Å². The van der Waals surface area contributed by atoms with Gasteiger partial charge < -0.3 is 0 Å². The van der Waals surface area contributed by atoms with Gasteiger partial charge in [-0.15, -0.1) is 0 Å². The lowest BCUT2D eigenvalue weighted by Gasteiger charge is -2.22. The second-order valence-corrected chi connectivity index (χ2v) is 4.08. The summed E-state index contributed by atoms with van der Waals surface area (Å²) in [5.74, 6) is 0.350. The van der Waals surface area contributed by atoms with Crippen LogP contribution in [0.5, 0.6) is 0 Å². The maximum atomic E-state index is 12.0. The van der Waals surface area contributed by atoms with Crippen molar-refractivity contribution in [3.05, 3.63) is 0 Å². The Kier molecular flexibility index (Phi) is 2.96. The molecule has 1 aliphatic carbocycles. The summed E-state index contributed by atoms with van der Waals surface area (Å²) >= 11 is 3.50. The molecule has 1 aliphatic rings. The largest absolute Gasteiger partial charge is 0.251 e. The minimum Gasteiger partial charge on any atom is -0.251 e. The van der Waals surface area contributed by atoms with Crippen molar-refractivity contribution in [2.24, 2.45) is 5.92 Å². The van der Waals surface area contributed by atoms with E-state index in [0.717, 1.165) is 12.8 Å². The first kappa shape index (κ1) is 7.52. The molecule has 0 nitrogen and oxygen atoms in total. The average molecular weight is 195 g/mol. The van der Waals surface area contributed by atoms with Crippen LogP contribution in [-0.2, 0) is 0 Å². The van der Waals surface area contributed by atoms with Gasteiger partial charge in [-0.3, -0.25) is 4.39 Å². The van der Waals surface area contributed by atoms with Gasteiger partial charge in [0.25, 0.3) is 0 Å². The van der Waals surface area contributed by atoms with E-state index in [4.69, 9.17) is 0 Å². The van der Waals surface area contributed by atoms with Gasteiger partial charge >= 0.3 is 0 Å². The lowest BCUT2D eigenvalue weighted by Crippen LogP contribution is -2.16. The van der Waals surface area contributed by atoms with Gasteiger partial charge in [0.1, 0.15) is 0 Å². The molecule has 1 fully saturated rings. The minimum atomic E-state index is -0.123. The van der Waals surface area contributed by atoms with Gasteiger partial charge in [-0.05, 0) is 25.2 Å². The summed E-state index contributed by atoms with van der Waals surface area (Å²) in [7, 11) is 0. The fourth-order valence-corrected chi connectivity index (χ4v) is 2.22. The molecule has 1 rings (SSSR count). The SMILES string of the molecule is FCC1CCCC(Br)C1. The molecular weight excluding hydrogens is 183 g/mol. The zero-order valence-corrected chi connectivity index (χ0v) is 7.03. The fraction of sp³-hybridized carbons (Fsp3) is 1.00. The predicted octanol–water partition coefficient (Wildman–Crippen LogP) is 2.91. The van der Waals surface area contributed by atoms with E-state index in [2.05, 4.69) is 15.9 Å². The zero-order chi connectivity index (χ0) is 6.69. The Balaban J connectivity index is 2.23. The third-order valence-electron chi connectivity index (χ3n) is 1.94. The standard InChI is InChI=1S/C7H12BrF/c8-7-3-1-2-6(4-7)5-9/h6-7H,1-5H2. The predicted molar refractivity (Wildman–Crippen MR) is 40.6 cm³/mol. The van der Waals surface area contributed by atoms with Crippen LogP contribution in [0.15, 0.2) is 0 Å². The molecule has 0 saturated heterocycles. The topological polar surface area (TPSA) is 0 Å². The molecule has 0 heterocycles. The van der Waals surface area contributed by atoms with Gasteiger partial charge in [-0.25, -0.2) is 0 Å². The summed E-state index contributed by atoms with van der Waals surface area (Å²) < 4.78 is 12.0. The van der Waals surface area contributed by atoms with Crippen molar-refractivity contribution in [1.29, 1.82) is 0 Å². The molecule has 54 valence electrons. The molecule has 0 aromatic carbocycles. The quantitative estimate of drug-likeness (QED) is 0.564.